The lowest BCUT2D eigenvalue weighted by molar-refractivity contribution is 0.470. The molecule has 0 saturated heterocycles. The van der Waals surface area contributed by atoms with Crippen LogP contribution in [-0.2, 0) is 5.41 Å². The van der Waals surface area contributed by atoms with E-state index in [2.05, 4.69) is 100 Å². The highest BCUT2D eigenvalue weighted by molar-refractivity contribution is 5.86. The second-order valence-electron chi connectivity index (χ2n) is 13.0. The minimum absolute atomic E-state index is 0.552. The number of anilines is 2. The molecule has 1 aliphatic carbocycles. The maximum absolute atomic E-state index is 6.57. The molecule has 0 saturated carbocycles. The summed E-state index contributed by atoms with van der Waals surface area (Å²) >= 11 is 0. The monoisotopic (exact) mass is 616 g/mol. The number of rotatable bonds is 6. The Hall–Kier alpha value is -5.48. The van der Waals surface area contributed by atoms with E-state index in [1.165, 1.54) is 33.4 Å². The van der Waals surface area contributed by atoms with Gasteiger partial charge in [0.05, 0.1) is 5.41 Å². The third kappa shape index (κ3) is 4.92. The zero-order valence-corrected chi connectivity index (χ0v) is 27.9. The Morgan fingerprint density at radius 2 is 0.787 bits per heavy atom. The van der Waals surface area contributed by atoms with Gasteiger partial charge in [0.15, 0.2) is 0 Å². The summed E-state index contributed by atoms with van der Waals surface area (Å²) < 4.78 is 13.1. The van der Waals surface area contributed by atoms with E-state index in [-0.39, 0.29) is 0 Å². The lowest BCUT2D eigenvalue weighted by Crippen LogP contribution is -2.29. The summed E-state index contributed by atoms with van der Waals surface area (Å²) in [5, 5.41) is 0. The molecule has 7 rings (SSSR count). The van der Waals surface area contributed by atoms with Crippen LogP contribution in [0.4, 0.5) is 11.4 Å². The Labute approximate surface area is 277 Å². The van der Waals surface area contributed by atoms with Gasteiger partial charge in [-0.3, -0.25) is 0 Å². The largest absolute Gasteiger partial charge is 0.457 e. The summed E-state index contributed by atoms with van der Waals surface area (Å²) in [6, 6.07) is 38.4. The fourth-order valence-electron chi connectivity index (χ4n) is 7.47. The number of nitrogen functional groups attached to an aromatic ring is 2. The van der Waals surface area contributed by atoms with Crippen molar-refractivity contribution in [1.29, 1.82) is 0 Å². The van der Waals surface area contributed by atoms with E-state index in [4.69, 9.17) is 20.9 Å². The van der Waals surface area contributed by atoms with Gasteiger partial charge in [-0.25, -0.2) is 0 Å². The predicted octanol–water partition coefficient (Wildman–Crippen LogP) is 10.6. The molecule has 4 N–H and O–H groups in total. The number of aryl methyl sites for hydroxylation is 6. The van der Waals surface area contributed by atoms with Crippen molar-refractivity contribution in [2.24, 2.45) is 0 Å². The Balaban J connectivity index is 1.44. The molecule has 0 atom stereocenters. The first kappa shape index (κ1) is 30.2. The quantitative estimate of drug-likeness (QED) is 0.182. The Kier molecular flexibility index (Phi) is 7.32. The molecular weight excluding hydrogens is 576 g/mol. The molecule has 47 heavy (non-hydrogen) atoms. The second kappa shape index (κ2) is 11.4. The molecular formula is C43H40N2O2. The van der Waals surface area contributed by atoms with Crippen molar-refractivity contribution in [3.05, 3.63) is 165 Å². The number of fused-ring (bicyclic) bond motifs is 3. The average molecular weight is 617 g/mol. The van der Waals surface area contributed by atoms with Gasteiger partial charge in [0.1, 0.15) is 23.0 Å². The summed E-state index contributed by atoms with van der Waals surface area (Å²) in [6.07, 6.45) is 0. The van der Waals surface area contributed by atoms with Crippen LogP contribution in [0.1, 0.15) is 55.6 Å². The molecule has 234 valence electrons. The topological polar surface area (TPSA) is 70.5 Å². The van der Waals surface area contributed by atoms with Crippen LogP contribution >= 0.6 is 0 Å². The van der Waals surface area contributed by atoms with Crippen LogP contribution in [-0.4, -0.2) is 0 Å². The zero-order chi connectivity index (χ0) is 33.0. The van der Waals surface area contributed by atoms with E-state index in [1.807, 2.05) is 50.2 Å². The molecule has 0 amide bonds. The maximum atomic E-state index is 6.57. The van der Waals surface area contributed by atoms with Gasteiger partial charge in [0.25, 0.3) is 0 Å². The van der Waals surface area contributed by atoms with Crippen molar-refractivity contribution in [2.75, 3.05) is 11.5 Å². The summed E-state index contributed by atoms with van der Waals surface area (Å²) in [4.78, 5) is 0. The van der Waals surface area contributed by atoms with Crippen LogP contribution in [0.15, 0.2) is 109 Å². The first-order valence-electron chi connectivity index (χ1n) is 16.1. The average Bonchev–Trinajstić information content (AvgIpc) is 3.34. The minimum atomic E-state index is -0.552. The van der Waals surface area contributed by atoms with Gasteiger partial charge >= 0.3 is 0 Å². The Morgan fingerprint density at radius 3 is 1.15 bits per heavy atom. The van der Waals surface area contributed by atoms with Gasteiger partial charge in [-0.2, -0.15) is 0 Å². The smallest absolute Gasteiger partial charge is 0.133 e. The van der Waals surface area contributed by atoms with Crippen molar-refractivity contribution < 1.29 is 9.47 Å². The van der Waals surface area contributed by atoms with Gasteiger partial charge < -0.3 is 20.9 Å². The third-order valence-corrected chi connectivity index (χ3v) is 9.56. The minimum Gasteiger partial charge on any atom is -0.457 e. The molecule has 1 aliphatic rings. The van der Waals surface area contributed by atoms with Gasteiger partial charge in [-0.15, -0.1) is 0 Å². The summed E-state index contributed by atoms with van der Waals surface area (Å²) in [5.41, 5.74) is 26.7. The van der Waals surface area contributed by atoms with Crippen molar-refractivity contribution in [3.8, 4) is 34.1 Å². The van der Waals surface area contributed by atoms with E-state index in [0.717, 1.165) is 67.8 Å². The Morgan fingerprint density at radius 1 is 0.426 bits per heavy atom. The highest BCUT2D eigenvalue weighted by Gasteiger charge is 2.46. The molecule has 0 spiro atoms. The van der Waals surface area contributed by atoms with Crippen molar-refractivity contribution in [1.82, 2.24) is 0 Å². The SMILES string of the molecule is Cc1cc(N)ccc1Oc1c(C)cc(C2(c3cc(C)c(Oc4ccc(N)cc4C)c(C)c3)c3ccccc3-c3ccccc32)cc1C. The number of nitrogens with two attached hydrogens (primary N) is 2. The van der Waals surface area contributed by atoms with Crippen molar-refractivity contribution >= 4 is 11.4 Å². The van der Waals surface area contributed by atoms with Crippen LogP contribution < -0.4 is 20.9 Å². The molecule has 6 aromatic rings. The van der Waals surface area contributed by atoms with E-state index in [0.29, 0.717) is 0 Å². The fraction of sp³-hybridized carbons (Fsp3) is 0.163. The molecule has 0 aliphatic heterocycles. The first-order chi connectivity index (χ1) is 22.6. The summed E-state index contributed by atoms with van der Waals surface area (Å²) in [7, 11) is 0. The second-order valence-corrected chi connectivity index (χ2v) is 13.0. The predicted molar refractivity (Wildman–Crippen MR) is 194 cm³/mol. The van der Waals surface area contributed by atoms with Crippen molar-refractivity contribution in [3.63, 3.8) is 0 Å². The maximum Gasteiger partial charge on any atom is 0.133 e. The van der Waals surface area contributed by atoms with E-state index in [9.17, 15) is 0 Å². The highest BCUT2D eigenvalue weighted by atomic mass is 16.5. The molecule has 4 heteroatoms. The van der Waals surface area contributed by atoms with Crippen molar-refractivity contribution in [2.45, 2.75) is 47.0 Å². The lowest BCUT2D eigenvalue weighted by Gasteiger charge is -2.35. The van der Waals surface area contributed by atoms with E-state index < -0.39 is 5.41 Å². The van der Waals surface area contributed by atoms with Crippen LogP contribution in [0, 0.1) is 41.5 Å². The molecule has 0 fully saturated rings. The molecule has 6 aromatic carbocycles. The number of hydrogen-bond acceptors (Lipinski definition) is 4. The van der Waals surface area contributed by atoms with Crippen LogP contribution in [0.3, 0.4) is 0 Å². The van der Waals surface area contributed by atoms with Gasteiger partial charge in [-0.05, 0) is 145 Å². The van der Waals surface area contributed by atoms with Gasteiger partial charge in [-0.1, -0.05) is 72.8 Å². The van der Waals surface area contributed by atoms with E-state index in [1.54, 1.807) is 0 Å². The van der Waals surface area contributed by atoms with Gasteiger partial charge in [0.2, 0.25) is 0 Å². The highest BCUT2D eigenvalue weighted by Crippen LogP contribution is 2.57. The molecule has 0 unspecified atom stereocenters. The third-order valence-electron chi connectivity index (χ3n) is 9.56. The molecule has 0 heterocycles. The molecule has 0 aromatic heterocycles. The first-order valence-corrected chi connectivity index (χ1v) is 16.1. The number of hydrogen-bond donors (Lipinski definition) is 2. The number of benzene rings is 6. The molecule has 4 nitrogen and oxygen atoms in total. The Bertz CT molecular complexity index is 1990. The van der Waals surface area contributed by atoms with Crippen LogP contribution in [0.2, 0.25) is 0 Å². The summed E-state index contributed by atoms with van der Waals surface area (Å²) in [6.45, 7) is 12.6. The lowest BCUT2D eigenvalue weighted by atomic mass is 9.66. The number of ether oxygens (including phenoxy) is 2. The van der Waals surface area contributed by atoms with Crippen LogP contribution in [0.5, 0.6) is 23.0 Å². The standard InChI is InChI=1S/C43H40N2O2/c1-25-23-33(44)15-17-39(25)46-41-27(3)19-31(20-28(41)4)43(37-13-9-7-11-35(37)36-12-8-10-14-38(36)43)32-21-29(5)42(30(6)22-32)47-40-18-16-34(45)24-26(40)2/h7-24H,44-45H2,1-6H3. The normalized spacial score (nSPS) is 12.8. The van der Waals surface area contributed by atoms with E-state index >= 15 is 0 Å². The zero-order valence-electron chi connectivity index (χ0n) is 27.9. The molecule has 0 radical (unpaired) electrons. The van der Waals surface area contributed by atoms with Gasteiger partial charge in [0, 0.05) is 11.4 Å². The molecule has 0 bridgehead atoms. The van der Waals surface area contributed by atoms with Crippen LogP contribution in [0.25, 0.3) is 11.1 Å². The fourth-order valence-corrected chi connectivity index (χ4v) is 7.47. The summed E-state index contributed by atoms with van der Waals surface area (Å²) in [5.74, 6) is 3.35.